The molecule has 4 nitrogen and oxygen atoms in total. The summed E-state index contributed by atoms with van der Waals surface area (Å²) in [6.45, 7) is 4.29. The van der Waals surface area contributed by atoms with Gasteiger partial charge in [-0.2, -0.15) is 0 Å². The number of carbonyl (C=O) groups excluding carboxylic acids is 2. The number of aryl methyl sites for hydroxylation is 1. The van der Waals surface area contributed by atoms with Crippen molar-refractivity contribution in [2.24, 2.45) is 0 Å². The lowest BCUT2D eigenvalue weighted by Crippen LogP contribution is -2.09. The molecule has 0 aliphatic heterocycles. The van der Waals surface area contributed by atoms with Gasteiger partial charge in [-0.15, -0.1) is 22.7 Å². The Balaban J connectivity index is 0.000000405. The molecule has 0 atom stereocenters. The van der Waals surface area contributed by atoms with Crippen LogP contribution in [0.4, 0.5) is 0 Å². The lowest BCUT2D eigenvalue weighted by Gasteiger charge is -1.94. The molecule has 2 aromatic rings. The van der Waals surface area contributed by atoms with Crippen molar-refractivity contribution in [1.29, 1.82) is 0 Å². The number of thiophene rings is 2. The molecule has 156 valence electrons. The van der Waals surface area contributed by atoms with Gasteiger partial charge in [0, 0.05) is 4.88 Å². The molecule has 0 saturated heterocycles. The van der Waals surface area contributed by atoms with Crippen molar-refractivity contribution < 1.29 is 19.6 Å². The molecule has 2 N–H and O–H groups in total. The first-order chi connectivity index (χ1) is 13.5. The molecule has 0 spiro atoms. The number of hydrogen-bond acceptors (Lipinski definition) is 6. The average Bonchev–Trinajstić information content (AvgIpc) is 3.31. The molecule has 0 amide bonds. The van der Waals surface area contributed by atoms with Gasteiger partial charge in [-0.25, -0.2) is 0 Å². The second-order valence-corrected chi connectivity index (χ2v) is 9.81. The van der Waals surface area contributed by atoms with E-state index in [-0.39, 0.29) is 0 Å². The molecule has 2 rings (SSSR count). The van der Waals surface area contributed by atoms with E-state index < -0.39 is 7.12 Å². The Morgan fingerprint density at radius 2 is 1.46 bits per heavy atom. The fourth-order valence-electron chi connectivity index (χ4n) is 2.11. The van der Waals surface area contributed by atoms with Gasteiger partial charge in [0.25, 0.3) is 0 Å². The zero-order valence-electron chi connectivity index (χ0n) is 16.6. The number of unbranched alkanes of at least 4 members (excludes halogenated alkanes) is 4. The van der Waals surface area contributed by atoms with Gasteiger partial charge < -0.3 is 10.0 Å². The summed E-state index contributed by atoms with van der Waals surface area (Å²) < 4.78 is 1.000. The predicted octanol–water partition coefficient (Wildman–Crippen LogP) is 6.27. The van der Waals surface area contributed by atoms with E-state index in [1.807, 2.05) is 12.1 Å². The van der Waals surface area contributed by atoms with Crippen molar-refractivity contribution in [3.63, 3.8) is 0 Å². The smallest absolute Gasteiger partial charge is 0.427 e. The van der Waals surface area contributed by atoms with Gasteiger partial charge in [-0.05, 0) is 59.4 Å². The molecule has 0 aliphatic rings. The van der Waals surface area contributed by atoms with E-state index in [0.717, 1.165) is 51.8 Å². The first-order valence-corrected chi connectivity index (χ1v) is 12.0. The molecule has 2 heterocycles. The van der Waals surface area contributed by atoms with Crippen molar-refractivity contribution in [2.75, 3.05) is 0 Å². The second kappa shape index (κ2) is 18.2. The summed E-state index contributed by atoms with van der Waals surface area (Å²) in [6.07, 6.45) is 10.4. The molecule has 0 bridgehead atoms. The first-order valence-electron chi connectivity index (χ1n) is 9.57. The van der Waals surface area contributed by atoms with E-state index in [0.29, 0.717) is 6.32 Å². The Morgan fingerprint density at radius 1 is 0.893 bits per heavy atom. The van der Waals surface area contributed by atoms with Crippen LogP contribution in [0, 0.1) is 0 Å². The van der Waals surface area contributed by atoms with Crippen LogP contribution < -0.4 is 0 Å². The molecule has 0 unspecified atom stereocenters. The zero-order valence-corrected chi connectivity index (χ0v) is 19.8. The highest BCUT2D eigenvalue weighted by Crippen LogP contribution is 2.20. The molecule has 28 heavy (non-hydrogen) atoms. The fraction of sp³-hybridized carbons (Fsp3) is 0.500. The van der Waals surface area contributed by atoms with Crippen molar-refractivity contribution in [3.8, 4) is 0 Å². The van der Waals surface area contributed by atoms with E-state index >= 15 is 0 Å². The minimum atomic E-state index is -1.10. The number of hydrogen-bond donors (Lipinski definition) is 2. The van der Waals surface area contributed by atoms with Crippen LogP contribution in [0.1, 0.15) is 76.6 Å². The Labute approximate surface area is 185 Å². The minimum absolute atomic E-state index is 0.522. The summed E-state index contributed by atoms with van der Waals surface area (Å²) in [5.41, 5.74) is 0. The highest BCUT2D eigenvalue weighted by atomic mass is 79.9. The molecule has 0 fully saturated rings. The molecule has 0 aliphatic carbocycles. The third-order valence-corrected chi connectivity index (χ3v) is 6.22. The fourth-order valence-corrected chi connectivity index (χ4v) is 4.22. The molecular formula is C20H30BBrO4S2. The molecule has 8 heteroatoms. The molecular weight excluding hydrogens is 459 g/mol. The van der Waals surface area contributed by atoms with Gasteiger partial charge in [0.05, 0.1) is 13.5 Å². The monoisotopic (exact) mass is 488 g/mol. The Bertz CT molecular complexity index is 644. The molecule has 0 radical (unpaired) electrons. The van der Waals surface area contributed by atoms with Crippen LogP contribution in [-0.4, -0.2) is 29.7 Å². The SMILES string of the molecule is CCCCCB(O)O.CCCCCc1ccc(C=O)s1.O=Cc1ccc(Br)s1. The number of halogens is 1. The van der Waals surface area contributed by atoms with E-state index in [2.05, 4.69) is 35.8 Å². The van der Waals surface area contributed by atoms with Crippen LogP contribution in [-0.2, 0) is 6.42 Å². The normalized spacial score (nSPS) is 9.61. The molecule has 2 aromatic heterocycles. The maximum absolute atomic E-state index is 10.4. The number of carbonyl (C=O) groups is 2. The first kappa shape index (κ1) is 27.2. The van der Waals surface area contributed by atoms with Crippen molar-refractivity contribution in [1.82, 2.24) is 0 Å². The van der Waals surface area contributed by atoms with Gasteiger partial charge in [0.15, 0.2) is 12.6 Å². The maximum atomic E-state index is 10.4. The summed E-state index contributed by atoms with van der Waals surface area (Å²) in [5, 5.41) is 16.7. The van der Waals surface area contributed by atoms with Crippen LogP contribution in [0.5, 0.6) is 0 Å². The highest BCUT2D eigenvalue weighted by Gasteiger charge is 2.03. The third kappa shape index (κ3) is 15.2. The van der Waals surface area contributed by atoms with Crippen LogP contribution in [0.25, 0.3) is 0 Å². The summed E-state index contributed by atoms with van der Waals surface area (Å²) >= 11 is 6.28. The molecule has 0 aromatic carbocycles. The predicted molar refractivity (Wildman–Crippen MR) is 125 cm³/mol. The van der Waals surface area contributed by atoms with E-state index in [1.54, 1.807) is 17.4 Å². The average molecular weight is 489 g/mol. The van der Waals surface area contributed by atoms with Gasteiger partial charge in [-0.3, -0.25) is 9.59 Å². The van der Waals surface area contributed by atoms with Gasteiger partial charge in [-0.1, -0.05) is 46.0 Å². The van der Waals surface area contributed by atoms with Gasteiger partial charge in [0.2, 0.25) is 0 Å². The summed E-state index contributed by atoms with van der Waals surface area (Å²) in [6, 6.07) is 7.60. The lowest BCUT2D eigenvalue weighted by molar-refractivity contribution is 0.111. The lowest BCUT2D eigenvalue weighted by atomic mass is 9.84. The van der Waals surface area contributed by atoms with Gasteiger partial charge in [0.1, 0.15) is 0 Å². The standard InChI is InChI=1S/C10H14OS.C5H13BO2.C5H3BrOS/c1-2-3-4-5-9-6-7-10(8-11)12-9;1-2-3-4-5-6(7)8;6-5-2-1-4(3-7)8-5/h6-8H,2-5H2,1H3;7-8H,2-5H2,1H3;1-3H. The van der Waals surface area contributed by atoms with Crippen LogP contribution in [0.2, 0.25) is 6.32 Å². The third-order valence-electron chi connectivity index (χ3n) is 3.60. The van der Waals surface area contributed by atoms with Gasteiger partial charge >= 0.3 is 7.12 Å². The van der Waals surface area contributed by atoms with Crippen LogP contribution in [0.15, 0.2) is 28.1 Å². The Kier molecular flexibility index (Phi) is 17.7. The van der Waals surface area contributed by atoms with Crippen molar-refractivity contribution in [3.05, 3.63) is 42.7 Å². The van der Waals surface area contributed by atoms with Crippen molar-refractivity contribution >= 4 is 58.3 Å². The summed E-state index contributed by atoms with van der Waals surface area (Å²) in [7, 11) is -1.10. The number of aldehydes is 2. The Morgan fingerprint density at radius 3 is 1.89 bits per heavy atom. The minimum Gasteiger partial charge on any atom is -0.427 e. The highest BCUT2D eigenvalue weighted by molar-refractivity contribution is 9.11. The van der Waals surface area contributed by atoms with Crippen LogP contribution in [0.3, 0.4) is 0 Å². The topological polar surface area (TPSA) is 74.6 Å². The maximum Gasteiger partial charge on any atom is 0.451 e. The Hall–Kier alpha value is -0.795. The number of rotatable bonds is 10. The summed E-state index contributed by atoms with van der Waals surface area (Å²) in [5.74, 6) is 0. The van der Waals surface area contributed by atoms with Crippen LogP contribution >= 0.6 is 38.6 Å². The molecule has 0 saturated carbocycles. The second-order valence-electron chi connectivity index (χ2n) is 6.12. The van der Waals surface area contributed by atoms with E-state index in [4.69, 9.17) is 10.0 Å². The largest absolute Gasteiger partial charge is 0.451 e. The quantitative estimate of drug-likeness (QED) is 0.235. The van der Waals surface area contributed by atoms with E-state index in [1.165, 1.54) is 35.5 Å². The van der Waals surface area contributed by atoms with Crippen molar-refractivity contribution in [2.45, 2.75) is 65.1 Å². The zero-order chi connectivity index (χ0) is 21.2. The van der Waals surface area contributed by atoms with E-state index in [9.17, 15) is 9.59 Å². The summed E-state index contributed by atoms with van der Waals surface area (Å²) in [4.78, 5) is 23.3.